The molecule has 0 bridgehead atoms. The predicted molar refractivity (Wildman–Crippen MR) is 120 cm³/mol. The van der Waals surface area contributed by atoms with E-state index in [-0.39, 0.29) is 35.8 Å². The molecule has 8 nitrogen and oxygen atoms in total. The Morgan fingerprint density at radius 2 is 1.82 bits per heavy atom. The number of hydrogen-bond acceptors (Lipinski definition) is 6. The molecule has 1 fully saturated rings. The SMILES string of the molecule is Cc1ccc(Cc2nnc(NC(=O)C3CCN(S(=O)(=O)c4ccc(F)cc4)CC3)o2)c(C)c1. The van der Waals surface area contributed by atoms with E-state index in [1.54, 1.807) is 0 Å². The lowest BCUT2D eigenvalue weighted by Gasteiger charge is -2.30. The van der Waals surface area contributed by atoms with Crippen molar-refractivity contribution in [2.75, 3.05) is 18.4 Å². The van der Waals surface area contributed by atoms with Crippen LogP contribution in [0.2, 0.25) is 0 Å². The normalized spacial score (nSPS) is 15.5. The van der Waals surface area contributed by atoms with Gasteiger partial charge in [-0.15, -0.1) is 5.10 Å². The molecule has 1 aromatic heterocycles. The van der Waals surface area contributed by atoms with Gasteiger partial charge in [0.05, 0.1) is 11.3 Å². The molecule has 0 radical (unpaired) electrons. The Hall–Kier alpha value is -3.11. The van der Waals surface area contributed by atoms with Gasteiger partial charge in [-0.05, 0) is 62.1 Å². The van der Waals surface area contributed by atoms with Crippen LogP contribution in [0, 0.1) is 25.6 Å². The Morgan fingerprint density at radius 3 is 2.48 bits per heavy atom. The third kappa shape index (κ3) is 5.28. The van der Waals surface area contributed by atoms with Crippen LogP contribution in [0.1, 0.15) is 35.4 Å². The monoisotopic (exact) mass is 472 g/mol. The number of halogens is 1. The maximum absolute atomic E-state index is 13.1. The Balaban J connectivity index is 1.33. The lowest BCUT2D eigenvalue weighted by molar-refractivity contribution is -0.121. The molecule has 1 N–H and O–H groups in total. The molecule has 33 heavy (non-hydrogen) atoms. The van der Waals surface area contributed by atoms with Crippen LogP contribution >= 0.6 is 0 Å². The van der Waals surface area contributed by atoms with Gasteiger partial charge in [0.2, 0.25) is 21.8 Å². The Labute approximate surface area is 191 Å². The van der Waals surface area contributed by atoms with Gasteiger partial charge in [-0.25, -0.2) is 12.8 Å². The van der Waals surface area contributed by atoms with Gasteiger partial charge < -0.3 is 4.42 Å². The summed E-state index contributed by atoms with van der Waals surface area (Å²) in [5, 5.41) is 10.6. The van der Waals surface area contributed by atoms with E-state index in [2.05, 4.69) is 21.6 Å². The fraction of sp³-hybridized carbons (Fsp3) is 0.348. The molecule has 2 aromatic carbocycles. The Bertz CT molecular complexity index is 1250. The van der Waals surface area contributed by atoms with Crippen LogP contribution in [0.5, 0.6) is 0 Å². The van der Waals surface area contributed by atoms with Crippen molar-refractivity contribution < 1.29 is 22.0 Å². The zero-order valence-corrected chi connectivity index (χ0v) is 19.2. The zero-order chi connectivity index (χ0) is 23.6. The Kier molecular flexibility index (Phi) is 6.57. The minimum Gasteiger partial charge on any atom is -0.407 e. The standard InChI is InChI=1S/C23H25FN4O4S/c1-15-3-4-18(16(2)13-15)14-21-26-27-23(32-21)25-22(29)17-9-11-28(12-10-17)33(30,31)20-7-5-19(24)6-8-20/h3-8,13,17H,9-12,14H2,1-2H3,(H,25,27,29). The molecule has 0 atom stereocenters. The maximum atomic E-state index is 13.1. The van der Waals surface area contributed by atoms with E-state index in [1.807, 2.05) is 26.0 Å². The number of carbonyl (C=O) groups excluding carboxylic acids is 1. The molecule has 0 saturated carbocycles. The van der Waals surface area contributed by atoms with Gasteiger partial charge >= 0.3 is 6.01 Å². The second-order valence-electron chi connectivity index (χ2n) is 8.23. The summed E-state index contributed by atoms with van der Waals surface area (Å²) in [5.41, 5.74) is 3.37. The van der Waals surface area contributed by atoms with E-state index in [4.69, 9.17) is 4.42 Å². The molecule has 174 valence electrons. The average Bonchev–Trinajstić information content (AvgIpc) is 3.23. The highest BCUT2D eigenvalue weighted by atomic mass is 32.2. The van der Waals surface area contributed by atoms with Crippen molar-refractivity contribution in [2.45, 2.75) is 38.0 Å². The lowest BCUT2D eigenvalue weighted by atomic mass is 9.97. The van der Waals surface area contributed by atoms with Gasteiger partial charge in [0.25, 0.3) is 0 Å². The number of rotatable bonds is 6. The first-order valence-corrected chi connectivity index (χ1v) is 12.1. The second-order valence-corrected chi connectivity index (χ2v) is 10.2. The van der Waals surface area contributed by atoms with E-state index in [0.29, 0.717) is 25.2 Å². The lowest BCUT2D eigenvalue weighted by Crippen LogP contribution is -2.41. The highest BCUT2D eigenvalue weighted by Crippen LogP contribution is 2.25. The van der Waals surface area contributed by atoms with Crippen LogP contribution in [0.4, 0.5) is 10.4 Å². The number of hydrogen-bond donors (Lipinski definition) is 1. The molecule has 4 rings (SSSR count). The number of carbonyl (C=O) groups is 1. The Morgan fingerprint density at radius 1 is 1.12 bits per heavy atom. The average molecular weight is 473 g/mol. The third-order valence-electron chi connectivity index (χ3n) is 5.81. The molecule has 0 aliphatic carbocycles. The smallest absolute Gasteiger partial charge is 0.322 e. The van der Waals surface area contributed by atoms with Crippen LogP contribution in [0.3, 0.4) is 0 Å². The molecule has 0 unspecified atom stereocenters. The van der Waals surface area contributed by atoms with Crippen LogP contribution in [-0.4, -0.2) is 41.9 Å². The van der Waals surface area contributed by atoms with Gasteiger partial charge in [-0.3, -0.25) is 10.1 Å². The molecule has 1 aliphatic rings. The first kappa shape index (κ1) is 23.1. The van der Waals surface area contributed by atoms with Crippen molar-refractivity contribution in [3.05, 3.63) is 70.9 Å². The van der Waals surface area contributed by atoms with Crippen molar-refractivity contribution in [2.24, 2.45) is 5.92 Å². The number of benzene rings is 2. The number of aryl methyl sites for hydroxylation is 2. The fourth-order valence-corrected chi connectivity index (χ4v) is 5.37. The highest BCUT2D eigenvalue weighted by Gasteiger charge is 2.32. The first-order valence-electron chi connectivity index (χ1n) is 10.7. The van der Waals surface area contributed by atoms with Gasteiger partial charge in [-0.2, -0.15) is 4.31 Å². The van der Waals surface area contributed by atoms with E-state index in [1.165, 1.54) is 22.0 Å². The molecule has 10 heteroatoms. The summed E-state index contributed by atoms with van der Waals surface area (Å²) < 4.78 is 45.5. The fourth-order valence-electron chi connectivity index (χ4n) is 3.90. The number of anilines is 1. The summed E-state index contributed by atoms with van der Waals surface area (Å²) in [4.78, 5) is 12.7. The van der Waals surface area contributed by atoms with Crippen LogP contribution in [0.25, 0.3) is 0 Å². The number of amides is 1. The number of piperidine rings is 1. The van der Waals surface area contributed by atoms with Gasteiger partial charge in [0.1, 0.15) is 5.82 Å². The van der Waals surface area contributed by atoms with Crippen molar-refractivity contribution in [1.82, 2.24) is 14.5 Å². The summed E-state index contributed by atoms with van der Waals surface area (Å²) >= 11 is 0. The van der Waals surface area contributed by atoms with Crippen LogP contribution in [0.15, 0.2) is 51.8 Å². The number of nitrogens with one attached hydrogen (secondary N) is 1. The largest absolute Gasteiger partial charge is 0.407 e. The van der Waals surface area contributed by atoms with Crippen LogP contribution in [-0.2, 0) is 21.2 Å². The van der Waals surface area contributed by atoms with E-state index < -0.39 is 15.8 Å². The quantitative estimate of drug-likeness (QED) is 0.589. The summed E-state index contributed by atoms with van der Waals surface area (Å²) in [7, 11) is -3.73. The van der Waals surface area contributed by atoms with Crippen molar-refractivity contribution in [1.29, 1.82) is 0 Å². The zero-order valence-electron chi connectivity index (χ0n) is 18.4. The van der Waals surface area contributed by atoms with E-state index >= 15 is 0 Å². The summed E-state index contributed by atoms with van der Waals surface area (Å²) in [6.07, 6.45) is 1.18. The third-order valence-corrected chi connectivity index (χ3v) is 7.73. The summed E-state index contributed by atoms with van der Waals surface area (Å²) in [5.74, 6) is -0.755. The van der Waals surface area contributed by atoms with Crippen molar-refractivity contribution >= 4 is 21.9 Å². The van der Waals surface area contributed by atoms with E-state index in [0.717, 1.165) is 23.3 Å². The molecule has 1 amide bonds. The number of aromatic nitrogens is 2. The van der Waals surface area contributed by atoms with Crippen molar-refractivity contribution in [3.63, 3.8) is 0 Å². The first-order chi connectivity index (χ1) is 15.7. The maximum Gasteiger partial charge on any atom is 0.322 e. The molecule has 1 aliphatic heterocycles. The molecule has 2 heterocycles. The van der Waals surface area contributed by atoms with Gasteiger partial charge in [0, 0.05) is 19.0 Å². The molecular weight excluding hydrogens is 447 g/mol. The molecule has 0 spiro atoms. The van der Waals surface area contributed by atoms with Crippen LogP contribution < -0.4 is 5.32 Å². The minimum absolute atomic E-state index is 0.0288. The second kappa shape index (κ2) is 9.40. The topological polar surface area (TPSA) is 105 Å². The summed E-state index contributed by atoms with van der Waals surface area (Å²) in [6.45, 7) is 4.43. The highest BCUT2D eigenvalue weighted by molar-refractivity contribution is 7.89. The molecule has 3 aromatic rings. The number of nitrogens with zero attached hydrogens (tertiary/aromatic N) is 3. The molecular formula is C23H25FN4O4S. The van der Waals surface area contributed by atoms with Gasteiger partial charge in [-0.1, -0.05) is 28.9 Å². The predicted octanol–water partition coefficient (Wildman–Crippen LogP) is 3.46. The van der Waals surface area contributed by atoms with E-state index in [9.17, 15) is 17.6 Å². The number of sulfonamides is 1. The molecule has 1 saturated heterocycles. The van der Waals surface area contributed by atoms with Gasteiger partial charge in [0.15, 0.2) is 0 Å². The van der Waals surface area contributed by atoms with Crippen molar-refractivity contribution in [3.8, 4) is 0 Å². The summed E-state index contributed by atoms with van der Waals surface area (Å²) in [6, 6.07) is 10.9. The minimum atomic E-state index is -3.73.